The summed E-state index contributed by atoms with van der Waals surface area (Å²) in [5.41, 5.74) is 0.429. The minimum atomic E-state index is -1.07. The third-order valence-corrected chi connectivity index (χ3v) is 3.24. The maximum atomic E-state index is 11.1. The number of aromatic hydroxyl groups is 1. The number of imidazole rings is 1. The molecule has 6 heteroatoms. The zero-order chi connectivity index (χ0) is 12.7. The average Bonchev–Trinajstić information content (AvgIpc) is 2.61. The summed E-state index contributed by atoms with van der Waals surface area (Å²) in [7, 11) is 0. The van der Waals surface area contributed by atoms with E-state index in [1.165, 1.54) is 12.1 Å². The highest BCUT2D eigenvalue weighted by Crippen LogP contribution is 2.21. The van der Waals surface area contributed by atoms with Crippen molar-refractivity contribution in [2.24, 2.45) is 5.92 Å². The van der Waals surface area contributed by atoms with Gasteiger partial charge < -0.3 is 19.9 Å². The first-order valence-corrected chi connectivity index (χ1v) is 5.79. The minimum absolute atomic E-state index is 0.00631. The second-order valence-electron chi connectivity index (χ2n) is 4.55. The highest BCUT2D eigenvalue weighted by Gasteiger charge is 2.22. The maximum absolute atomic E-state index is 11.1. The van der Waals surface area contributed by atoms with Crippen molar-refractivity contribution >= 4 is 11.5 Å². The van der Waals surface area contributed by atoms with Gasteiger partial charge in [0.15, 0.2) is 5.69 Å². The van der Waals surface area contributed by atoms with Gasteiger partial charge in [0, 0.05) is 18.7 Å². The smallest absolute Gasteiger partial charge is 0.356 e. The molecule has 3 N–H and O–H groups in total. The van der Waals surface area contributed by atoms with Gasteiger partial charge in [-0.25, -0.2) is 9.78 Å². The largest absolute Gasteiger partial charge is 0.508 e. The number of carboxylic acids is 1. The lowest BCUT2D eigenvalue weighted by Gasteiger charge is -2.26. The molecule has 0 amide bonds. The number of hydrogen-bond acceptors (Lipinski definition) is 4. The normalized spacial score (nSPS) is 15.8. The number of carboxylic acid groups (broad SMARTS) is 1. The molecule has 1 saturated heterocycles. The van der Waals surface area contributed by atoms with E-state index in [2.05, 4.69) is 10.3 Å². The highest BCUT2D eigenvalue weighted by molar-refractivity contribution is 5.94. The van der Waals surface area contributed by atoms with E-state index in [0.29, 0.717) is 11.4 Å². The van der Waals surface area contributed by atoms with E-state index in [-0.39, 0.29) is 11.4 Å². The molecule has 1 fully saturated rings. The van der Waals surface area contributed by atoms with Gasteiger partial charge in [0.2, 0.25) is 0 Å². The van der Waals surface area contributed by atoms with Gasteiger partial charge >= 0.3 is 5.97 Å². The molecule has 0 unspecified atom stereocenters. The molecule has 2 aromatic heterocycles. The first-order valence-electron chi connectivity index (χ1n) is 5.79. The Labute approximate surface area is 103 Å². The van der Waals surface area contributed by atoms with E-state index < -0.39 is 5.97 Å². The lowest BCUT2D eigenvalue weighted by molar-refractivity contribution is 0.0693. The fraction of sp³-hybridized carbons (Fsp3) is 0.333. The topological polar surface area (TPSA) is 86.9 Å². The third kappa shape index (κ3) is 1.70. The zero-order valence-electron chi connectivity index (χ0n) is 9.63. The number of carbonyl (C=O) groups is 1. The molecule has 94 valence electrons. The molecular formula is C12H13N3O3. The molecule has 0 bridgehead atoms. The summed E-state index contributed by atoms with van der Waals surface area (Å²) in [6, 6.07) is 2.96. The molecule has 3 heterocycles. The van der Waals surface area contributed by atoms with Gasteiger partial charge in [0.05, 0.1) is 5.52 Å². The molecule has 0 radical (unpaired) electrons. The van der Waals surface area contributed by atoms with Crippen LogP contribution in [0.15, 0.2) is 18.3 Å². The van der Waals surface area contributed by atoms with E-state index in [1.54, 1.807) is 10.6 Å². The van der Waals surface area contributed by atoms with Gasteiger partial charge in [0.1, 0.15) is 11.6 Å². The van der Waals surface area contributed by atoms with Gasteiger partial charge in [-0.1, -0.05) is 0 Å². The molecule has 0 spiro atoms. The Morgan fingerprint density at radius 1 is 1.56 bits per heavy atom. The molecule has 0 saturated carbocycles. The van der Waals surface area contributed by atoms with Gasteiger partial charge in [0.25, 0.3) is 0 Å². The maximum Gasteiger partial charge on any atom is 0.356 e. The molecule has 1 aliphatic heterocycles. The van der Waals surface area contributed by atoms with Crippen LogP contribution in [0.25, 0.3) is 5.52 Å². The predicted octanol–water partition coefficient (Wildman–Crippen LogP) is 0.500. The highest BCUT2D eigenvalue weighted by atomic mass is 16.4. The quantitative estimate of drug-likeness (QED) is 0.735. The first-order chi connectivity index (χ1) is 8.65. The second kappa shape index (κ2) is 3.99. The van der Waals surface area contributed by atoms with Crippen molar-refractivity contribution < 1.29 is 15.0 Å². The Morgan fingerprint density at radius 3 is 2.94 bits per heavy atom. The summed E-state index contributed by atoms with van der Waals surface area (Å²) in [5.74, 6) is 0.206. The summed E-state index contributed by atoms with van der Waals surface area (Å²) >= 11 is 0. The molecule has 0 aliphatic carbocycles. The molecule has 6 nitrogen and oxygen atoms in total. The van der Waals surface area contributed by atoms with Crippen LogP contribution in [0.5, 0.6) is 5.75 Å². The van der Waals surface area contributed by atoms with Crippen LogP contribution in [-0.2, 0) is 6.42 Å². The van der Waals surface area contributed by atoms with E-state index in [9.17, 15) is 9.90 Å². The molecular weight excluding hydrogens is 234 g/mol. The van der Waals surface area contributed by atoms with Crippen molar-refractivity contribution in [3.8, 4) is 5.75 Å². The van der Waals surface area contributed by atoms with Crippen molar-refractivity contribution in [1.29, 1.82) is 0 Å². The van der Waals surface area contributed by atoms with Crippen LogP contribution in [0.4, 0.5) is 0 Å². The number of fused-ring (bicyclic) bond motifs is 1. The average molecular weight is 247 g/mol. The van der Waals surface area contributed by atoms with Crippen LogP contribution in [-0.4, -0.2) is 38.7 Å². The van der Waals surface area contributed by atoms with Crippen LogP contribution in [0, 0.1) is 5.92 Å². The van der Waals surface area contributed by atoms with Gasteiger partial charge in [-0.2, -0.15) is 0 Å². The van der Waals surface area contributed by atoms with Crippen molar-refractivity contribution in [3.05, 3.63) is 29.8 Å². The predicted molar refractivity (Wildman–Crippen MR) is 63.9 cm³/mol. The van der Waals surface area contributed by atoms with Crippen LogP contribution in [0.2, 0.25) is 0 Å². The first kappa shape index (κ1) is 11.0. The van der Waals surface area contributed by atoms with Crippen molar-refractivity contribution in [2.45, 2.75) is 6.42 Å². The molecule has 18 heavy (non-hydrogen) atoms. The lowest BCUT2D eigenvalue weighted by atomic mass is 9.99. The van der Waals surface area contributed by atoms with Gasteiger partial charge in [-0.15, -0.1) is 0 Å². The Balaban J connectivity index is 2.10. The Kier molecular flexibility index (Phi) is 2.45. The number of pyridine rings is 1. The monoisotopic (exact) mass is 247 g/mol. The van der Waals surface area contributed by atoms with Gasteiger partial charge in [-0.05, 0) is 25.1 Å². The van der Waals surface area contributed by atoms with Crippen molar-refractivity contribution in [1.82, 2.24) is 14.7 Å². The standard InChI is InChI=1S/C12H13N3O3/c16-8-1-2-15-9(4-8)11(12(17)18)14-10(15)3-7-5-13-6-7/h1-2,4,7,13,16H,3,5-6H2,(H,17,18). The van der Waals surface area contributed by atoms with E-state index in [4.69, 9.17) is 5.11 Å². The summed E-state index contributed by atoms with van der Waals surface area (Å²) in [6.07, 6.45) is 2.40. The van der Waals surface area contributed by atoms with E-state index in [0.717, 1.165) is 25.3 Å². The fourth-order valence-corrected chi connectivity index (χ4v) is 2.19. The third-order valence-electron chi connectivity index (χ3n) is 3.24. The van der Waals surface area contributed by atoms with Crippen molar-refractivity contribution in [3.63, 3.8) is 0 Å². The number of nitrogens with one attached hydrogen (secondary N) is 1. The van der Waals surface area contributed by atoms with Crippen LogP contribution >= 0.6 is 0 Å². The Bertz CT molecular complexity index is 616. The zero-order valence-corrected chi connectivity index (χ0v) is 9.63. The number of aromatic carboxylic acids is 1. The summed E-state index contributed by atoms with van der Waals surface area (Å²) < 4.78 is 1.74. The lowest BCUT2D eigenvalue weighted by Crippen LogP contribution is -2.43. The van der Waals surface area contributed by atoms with Crippen LogP contribution in [0.3, 0.4) is 0 Å². The summed E-state index contributed by atoms with van der Waals surface area (Å²) in [6.45, 7) is 1.88. The number of nitrogens with zero attached hydrogens (tertiary/aromatic N) is 2. The SMILES string of the molecule is O=C(O)c1nc(CC2CNC2)n2ccc(O)cc12. The Hall–Kier alpha value is -2.08. The van der Waals surface area contributed by atoms with Crippen LogP contribution < -0.4 is 5.32 Å². The Morgan fingerprint density at radius 2 is 2.33 bits per heavy atom. The van der Waals surface area contributed by atoms with E-state index in [1.807, 2.05) is 0 Å². The summed E-state index contributed by atoms with van der Waals surface area (Å²) in [4.78, 5) is 15.3. The molecule has 2 aromatic rings. The molecule has 1 aliphatic rings. The summed E-state index contributed by atoms with van der Waals surface area (Å²) in [5, 5.41) is 21.7. The molecule has 3 rings (SSSR count). The molecule has 0 atom stereocenters. The fourth-order valence-electron chi connectivity index (χ4n) is 2.19. The number of hydrogen-bond donors (Lipinski definition) is 3. The minimum Gasteiger partial charge on any atom is -0.508 e. The van der Waals surface area contributed by atoms with E-state index >= 15 is 0 Å². The van der Waals surface area contributed by atoms with Gasteiger partial charge in [-0.3, -0.25) is 0 Å². The second-order valence-corrected chi connectivity index (χ2v) is 4.55. The van der Waals surface area contributed by atoms with Crippen LogP contribution in [0.1, 0.15) is 16.3 Å². The van der Waals surface area contributed by atoms with Crippen molar-refractivity contribution in [2.75, 3.05) is 13.1 Å². The number of rotatable bonds is 3. The number of aromatic nitrogens is 2. The molecule has 0 aromatic carbocycles.